The molecule has 2 saturated heterocycles. The number of amides is 3. The van der Waals surface area contributed by atoms with Crippen LogP contribution in [0, 0.1) is 0 Å². The van der Waals surface area contributed by atoms with Crippen LogP contribution in [0.1, 0.15) is 23.2 Å². The molecule has 0 radical (unpaired) electrons. The molecule has 0 bridgehead atoms. The number of urea groups is 1. The molecule has 2 aliphatic rings. The maximum absolute atomic E-state index is 12.7. The first-order valence-corrected chi connectivity index (χ1v) is 7.85. The van der Waals surface area contributed by atoms with Crippen LogP contribution in [0.15, 0.2) is 18.2 Å². The molecule has 2 fully saturated rings. The fraction of sp³-hybridized carbons (Fsp3) is 0.467. The van der Waals surface area contributed by atoms with E-state index in [0.29, 0.717) is 35.9 Å². The number of carbonyl (C=O) groups is 2. The molecule has 0 saturated carbocycles. The Morgan fingerprint density at radius 1 is 1.41 bits per heavy atom. The monoisotopic (exact) mass is 322 g/mol. The van der Waals surface area contributed by atoms with E-state index in [1.807, 2.05) is 4.90 Å². The molecular formula is C15H19ClN4O2. The van der Waals surface area contributed by atoms with Crippen LogP contribution in [0.2, 0.25) is 5.02 Å². The van der Waals surface area contributed by atoms with E-state index in [1.165, 1.54) is 0 Å². The SMILES string of the molecule is NCC1CCCN1C(=O)c1ccc(Cl)c(N2CCNC2=O)c1. The van der Waals surface area contributed by atoms with Crippen LogP contribution in [-0.2, 0) is 0 Å². The summed E-state index contributed by atoms with van der Waals surface area (Å²) < 4.78 is 0. The number of rotatable bonds is 3. The summed E-state index contributed by atoms with van der Waals surface area (Å²) in [5.41, 5.74) is 6.85. The van der Waals surface area contributed by atoms with Gasteiger partial charge < -0.3 is 16.0 Å². The van der Waals surface area contributed by atoms with Crippen molar-refractivity contribution in [3.05, 3.63) is 28.8 Å². The van der Waals surface area contributed by atoms with E-state index in [-0.39, 0.29) is 18.0 Å². The van der Waals surface area contributed by atoms with Gasteiger partial charge >= 0.3 is 6.03 Å². The first kappa shape index (κ1) is 15.1. The summed E-state index contributed by atoms with van der Waals surface area (Å²) in [6.45, 7) is 2.32. The van der Waals surface area contributed by atoms with Crippen molar-refractivity contribution in [3.63, 3.8) is 0 Å². The van der Waals surface area contributed by atoms with Crippen molar-refractivity contribution in [2.24, 2.45) is 5.73 Å². The van der Waals surface area contributed by atoms with Crippen molar-refractivity contribution in [1.29, 1.82) is 0 Å². The molecule has 6 nitrogen and oxygen atoms in total. The van der Waals surface area contributed by atoms with Gasteiger partial charge in [-0.15, -0.1) is 0 Å². The van der Waals surface area contributed by atoms with Crippen LogP contribution in [0.5, 0.6) is 0 Å². The van der Waals surface area contributed by atoms with Crippen molar-refractivity contribution < 1.29 is 9.59 Å². The molecule has 2 heterocycles. The van der Waals surface area contributed by atoms with Gasteiger partial charge in [0.2, 0.25) is 0 Å². The van der Waals surface area contributed by atoms with Gasteiger partial charge in [0.05, 0.1) is 10.7 Å². The van der Waals surface area contributed by atoms with Gasteiger partial charge in [-0.05, 0) is 31.0 Å². The predicted octanol–water partition coefficient (Wildman–Crippen LogP) is 1.43. The molecule has 1 aromatic carbocycles. The standard InChI is InChI=1S/C15H19ClN4O2/c16-12-4-3-10(8-13(12)20-7-5-18-15(20)22)14(21)19-6-1-2-11(19)9-17/h3-4,8,11H,1-2,5-7,9,17H2,(H,18,22). The third-order valence-electron chi connectivity index (χ3n) is 4.25. The van der Waals surface area contributed by atoms with E-state index in [2.05, 4.69) is 5.32 Å². The number of halogens is 1. The third kappa shape index (κ3) is 2.64. The van der Waals surface area contributed by atoms with E-state index < -0.39 is 0 Å². The average Bonchev–Trinajstić information content (AvgIpc) is 3.15. The van der Waals surface area contributed by atoms with Crippen LogP contribution >= 0.6 is 11.6 Å². The second kappa shape index (κ2) is 6.14. The van der Waals surface area contributed by atoms with Gasteiger partial charge in [0, 0.05) is 37.8 Å². The number of carbonyl (C=O) groups excluding carboxylic acids is 2. The van der Waals surface area contributed by atoms with Gasteiger partial charge in [0.25, 0.3) is 5.91 Å². The van der Waals surface area contributed by atoms with E-state index >= 15 is 0 Å². The van der Waals surface area contributed by atoms with Crippen LogP contribution in [0.25, 0.3) is 0 Å². The lowest BCUT2D eigenvalue weighted by Gasteiger charge is -2.24. The second-order valence-electron chi connectivity index (χ2n) is 5.58. The molecule has 1 aromatic rings. The zero-order chi connectivity index (χ0) is 15.7. The van der Waals surface area contributed by atoms with Gasteiger partial charge in [0.1, 0.15) is 0 Å². The molecule has 3 rings (SSSR count). The van der Waals surface area contributed by atoms with Gasteiger partial charge in [-0.2, -0.15) is 0 Å². The Labute approximate surface area is 134 Å². The summed E-state index contributed by atoms with van der Waals surface area (Å²) in [4.78, 5) is 27.9. The van der Waals surface area contributed by atoms with Crippen molar-refractivity contribution >= 4 is 29.2 Å². The largest absolute Gasteiger partial charge is 0.336 e. The molecule has 3 N–H and O–H groups in total. The highest BCUT2D eigenvalue weighted by Crippen LogP contribution is 2.29. The van der Waals surface area contributed by atoms with Crippen LogP contribution < -0.4 is 16.0 Å². The first-order valence-electron chi connectivity index (χ1n) is 7.48. The topological polar surface area (TPSA) is 78.7 Å². The zero-order valence-electron chi connectivity index (χ0n) is 12.2. The average molecular weight is 323 g/mol. The van der Waals surface area contributed by atoms with Gasteiger partial charge in [-0.1, -0.05) is 11.6 Å². The minimum absolute atomic E-state index is 0.0505. The summed E-state index contributed by atoms with van der Waals surface area (Å²) in [5, 5.41) is 3.20. The number of benzene rings is 1. The molecule has 0 aliphatic carbocycles. The highest BCUT2D eigenvalue weighted by Gasteiger charge is 2.30. The van der Waals surface area contributed by atoms with Gasteiger partial charge in [-0.25, -0.2) is 4.79 Å². The normalized spacial score (nSPS) is 21.4. The van der Waals surface area contributed by atoms with Crippen molar-refractivity contribution in [1.82, 2.24) is 10.2 Å². The molecule has 0 spiro atoms. The molecule has 3 amide bonds. The summed E-state index contributed by atoms with van der Waals surface area (Å²) in [7, 11) is 0. The van der Waals surface area contributed by atoms with E-state index in [9.17, 15) is 9.59 Å². The number of nitrogens with zero attached hydrogens (tertiary/aromatic N) is 2. The molecule has 118 valence electrons. The number of hydrogen-bond acceptors (Lipinski definition) is 3. The molecule has 0 aromatic heterocycles. The Hall–Kier alpha value is -1.79. The lowest BCUT2D eigenvalue weighted by molar-refractivity contribution is 0.0741. The molecule has 1 unspecified atom stereocenters. The maximum atomic E-state index is 12.7. The Bertz CT molecular complexity index is 607. The number of hydrogen-bond donors (Lipinski definition) is 2. The van der Waals surface area contributed by atoms with E-state index in [1.54, 1.807) is 23.1 Å². The summed E-state index contributed by atoms with van der Waals surface area (Å²) in [6, 6.07) is 4.98. The highest BCUT2D eigenvalue weighted by molar-refractivity contribution is 6.34. The predicted molar refractivity (Wildman–Crippen MR) is 85.3 cm³/mol. The Kier molecular flexibility index (Phi) is 4.22. The number of nitrogens with one attached hydrogen (secondary N) is 1. The number of anilines is 1. The van der Waals surface area contributed by atoms with E-state index in [4.69, 9.17) is 17.3 Å². The lowest BCUT2D eigenvalue weighted by atomic mass is 10.1. The minimum Gasteiger partial charge on any atom is -0.336 e. The Morgan fingerprint density at radius 3 is 2.91 bits per heavy atom. The molecular weight excluding hydrogens is 304 g/mol. The van der Waals surface area contributed by atoms with Crippen LogP contribution in [0.4, 0.5) is 10.5 Å². The van der Waals surface area contributed by atoms with Crippen LogP contribution in [0.3, 0.4) is 0 Å². The Morgan fingerprint density at radius 2 is 2.23 bits per heavy atom. The molecule has 7 heteroatoms. The Balaban J connectivity index is 1.88. The first-order chi connectivity index (χ1) is 10.6. The summed E-state index contributed by atoms with van der Waals surface area (Å²) in [5.74, 6) is -0.0505. The quantitative estimate of drug-likeness (QED) is 0.883. The minimum atomic E-state index is -0.187. The van der Waals surface area contributed by atoms with Crippen molar-refractivity contribution in [3.8, 4) is 0 Å². The summed E-state index contributed by atoms with van der Waals surface area (Å²) >= 11 is 6.20. The van der Waals surface area contributed by atoms with Crippen molar-refractivity contribution in [2.45, 2.75) is 18.9 Å². The van der Waals surface area contributed by atoms with Gasteiger partial charge in [-0.3, -0.25) is 9.69 Å². The fourth-order valence-electron chi connectivity index (χ4n) is 3.07. The zero-order valence-corrected chi connectivity index (χ0v) is 13.0. The fourth-order valence-corrected chi connectivity index (χ4v) is 3.29. The number of nitrogens with two attached hydrogens (primary N) is 1. The molecule has 22 heavy (non-hydrogen) atoms. The third-order valence-corrected chi connectivity index (χ3v) is 4.57. The summed E-state index contributed by atoms with van der Waals surface area (Å²) in [6.07, 6.45) is 1.92. The maximum Gasteiger partial charge on any atom is 0.322 e. The van der Waals surface area contributed by atoms with Crippen LogP contribution in [-0.4, -0.2) is 49.1 Å². The van der Waals surface area contributed by atoms with E-state index in [0.717, 1.165) is 19.4 Å². The molecule has 2 aliphatic heterocycles. The highest BCUT2D eigenvalue weighted by atomic mass is 35.5. The smallest absolute Gasteiger partial charge is 0.322 e. The molecule has 1 atom stereocenters. The lowest BCUT2D eigenvalue weighted by Crippen LogP contribution is -2.40. The number of likely N-dealkylation sites (tertiary alicyclic amines) is 1. The van der Waals surface area contributed by atoms with Gasteiger partial charge in [0.15, 0.2) is 0 Å². The van der Waals surface area contributed by atoms with Crippen molar-refractivity contribution in [2.75, 3.05) is 31.1 Å². The second-order valence-corrected chi connectivity index (χ2v) is 5.99.